The number of nitrogens with zero attached hydrogens (tertiary/aromatic N) is 1. The Balaban J connectivity index is 0.0000102. The van der Waals surface area contributed by atoms with E-state index in [1.165, 1.54) is 109 Å². The summed E-state index contributed by atoms with van der Waals surface area (Å²) in [5.74, 6) is 0. The van der Waals surface area contributed by atoms with E-state index in [4.69, 9.17) is 0 Å². The SMILES string of the molecule is CCCCCCCCCCCCCCCC[N+](C)(C)C(CC)(CC)c1ccccc1CC.[OH-]. The lowest BCUT2D eigenvalue weighted by Gasteiger charge is -2.49. The first kappa shape index (κ1) is 32.1. The zero-order valence-corrected chi connectivity index (χ0v) is 23.4. The molecule has 0 unspecified atom stereocenters. The highest BCUT2D eigenvalue weighted by atomic mass is 16.0. The molecule has 194 valence electrons. The Kier molecular flexibility index (Phi) is 18.0. The van der Waals surface area contributed by atoms with Crippen LogP contribution in [0.15, 0.2) is 24.3 Å². The minimum Gasteiger partial charge on any atom is -0.870 e. The average Bonchev–Trinajstić information content (AvgIpc) is 2.80. The van der Waals surface area contributed by atoms with Gasteiger partial charge in [-0.3, -0.25) is 0 Å². The standard InChI is InChI=1S/C31H58N.H2O/c1-7-11-12-13-14-15-16-17-18-19-20-21-22-25-28-32(5,6)31(9-3,10-4)30-27-24-23-26-29(30)8-2;/h23-24,26-27H,7-22,25,28H2,1-6H3;1H2/q+1;/p-1. The van der Waals surface area contributed by atoms with Crippen molar-refractivity contribution in [2.24, 2.45) is 0 Å². The highest BCUT2D eigenvalue weighted by molar-refractivity contribution is 5.32. The molecule has 0 saturated carbocycles. The Bertz CT molecular complexity index is 576. The summed E-state index contributed by atoms with van der Waals surface area (Å²) in [7, 11) is 4.98. The molecule has 0 aromatic heterocycles. The molecule has 0 aliphatic heterocycles. The van der Waals surface area contributed by atoms with E-state index in [1.807, 2.05) is 0 Å². The van der Waals surface area contributed by atoms with E-state index in [2.05, 4.69) is 66.1 Å². The number of quaternary nitrogens is 1. The van der Waals surface area contributed by atoms with Crippen molar-refractivity contribution in [2.75, 3.05) is 20.6 Å². The minimum absolute atomic E-state index is 0. The lowest BCUT2D eigenvalue weighted by atomic mass is 9.78. The van der Waals surface area contributed by atoms with Gasteiger partial charge < -0.3 is 9.96 Å². The van der Waals surface area contributed by atoms with Crippen molar-refractivity contribution in [1.29, 1.82) is 0 Å². The van der Waals surface area contributed by atoms with Crippen molar-refractivity contribution in [1.82, 2.24) is 0 Å². The lowest BCUT2D eigenvalue weighted by Crippen LogP contribution is -2.57. The van der Waals surface area contributed by atoms with Crippen LogP contribution in [0.4, 0.5) is 0 Å². The maximum atomic E-state index is 2.49. The molecule has 1 aromatic carbocycles. The van der Waals surface area contributed by atoms with Crippen LogP contribution in [0, 0.1) is 0 Å². The van der Waals surface area contributed by atoms with E-state index in [9.17, 15) is 0 Å². The second-order valence-electron chi connectivity index (χ2n) is 10.8. The van der Waals surface area contributed by atoms with E-state index in [-0.39, 0.29) is 11.0 Å². The molecule has 0 spiro atoms. The fraction of sp³-hybridized carbons (Fsp3) is 0.806. The maximum absolute atomic E-state index is 2.49. The average molecular weight is 462 g/mol. The Labute approximate surface area is 208 Å². The summed E-state index contributed by atoms with van der Waals surface area (Å²) >= 11 is 0. The van der Waals surface area contributed by atoms with Gasteiger partial charge in [-0.25, -0.2) is 0 Å². The predicted molar refractivity (Wildman–Crippen MR) is 147 cm³/mol. The van der Waals surface area contributed by atoms with Crippen LogP contribution in [0.3, 0.4) is 0 Å². The summed E-state index contributed by atoms with van der Waals surface area (Å²) in [6.45, 7) is 10.7. The summed E-state index contributed by atoms with van der Waals surface area (Å²) in [4.78, 5) is 0. The molecule has 0 aliphatic rings. The Morgan fingerprint density at radius 2 is 1.03 bits per heavy atom. The number of hydrogen-bond acceptors (Lipinski definition) is 1. The molecule has 2 nitrogen and oxygen atoms in total. The van der Waals surface area contributed by atoms with Crippen LogP contribution in [0.2, 0.25) is 0 Å². The van der Waals surface area contributed by atoms with Crippen LogP contribution in [-0.4, -0.2) is 30.6 Å². The summed E-state index contributed by atoms with van der Waals surface area (Å²) in [5, 5.41) is 0. The number of benzene rings is 1. The van der Waals surface area contributed by atoms with Gasteiger partial charge in [-0.05, 0) is 24.8 Å². The maximum Gasteiger partial charge on any atom is 0.124 e. The van der Waals surface area contributed by atoms with Crippen LogP contribution < -0.4 is 0 Å². The molecule has 0 radical (unpaired) electrons. The van der Waals surface area contributed by atoms with Crippen LogP contribution in [0.25, 0.3) is 0 Å². The van der Waals surface area contributed by atoms with Crippen LogP contribution in [-0.2, 0) is 12.0 Å². The Morgan fingerprint density at radius 1 is 0.606 bits per heavy atom. The van der Waals surface area contributed by atoms with Crippen molar-refractivity contribution >= 4 is 0 Å². The molecule has 1 rings (SSSR count). The normalized spacial score (nSPS) is 12.1. The number of aryl methyl sites for hydroxylation is 1. The second-order valence-corrected chi connectivity index (χ2v) is 10.8. The van der Waals surface area contributed by atoms with Crippen molar-refractivity contribution in [3.05, 3.63) is 35.4 Å². The van der Waals surface area contributed by atoms with Gasteiger partial charge in [0.25, 0.3) is 0 Å². The lowest BCUT2D eigenvalue weighted by molar-refractivity contribution is -0.951. The summed E-state index contributed by atoms with van der Waals surface area (Å²) < 4.78 is 1.12. The van der Waals surface area contributed by atoms with E-state index in [0.29, 0.717) is 0 Å². The van der Waals surface area contributed by atoms with Gasteiger partial charge in [-0.2, -0.15) is 0 Å². The fourth-order valence-corrected chi connectivity index (χ4v) is 6.01. The molecule has 0 saturated heterocycles. The first-order valence-corrected chi connectivity index (χ1v) is 14.4. The summed E-state index contributed by atoms with van der Waals surface area (Å²) in [6, 6.07) is 9.23. The largest absolute Gasteiger partial charge is 0.870 e. The van der Waals surface area contributed by atoms with Gasteiger partial charge in [0.05, 0.1) is 20.6 Å². The zero-order chi connectivity index (χ0) is 23.7. The molecule has 2 heteroatoms. The third-order valence-electron chi connectivity index (χ3n) is 8.30. The highest BCUT2D eigenvalue weighted by Gasteiger charge is 2.44. The van der Waals surface area contributed by atoms with E-state index in [1.54, 1.807) is 11.1 Å². The van der Waals surface area contributed by atoms with Crippen molar-refractivity contribution in [2.45, 2.75) is 142 Å². The number of hydrogen-bond donors (Lipinski definition) is 0. The van der Waals surface area contributed by atoms with Gasteiger partial charge in [-0.1, -0.05) is 129 Å². The molecule has 1 aromatic rings. The zero-order valence-electron chi connectivity index (χ0n) is 23.4. The van der Waals surface area contributed by atoms with Crippen LogP contribution in [0.1, 0.15) is 142 Å². The smallest absolute Gasteiger partial charge is 0.124 e. The molecule has 33 heavy (non-hydrogen) atoms. The number of unbranched alkanes of at least 4 members (excludes halogenated alkanes) is 13. The molecule has 0 bridgehead atoms. The molecule has 0 atom stereocenters. The third kappa shape index (κ3) is 10.5. The molecular weight excluding hydrogens is 402 g/mol. The third-order valence-corrected chi connectivity index (χ3v) is 8.30. The molecule has 1 N–H and O–H groups in total. The molecule has 0 fully saturated rings. The van der Waals surface area contributed by atoms with Crippen LogP contribution >= 0.6 is 0 Å². The molecule has 0 heterocycles. The van der Waals surface area contributed by atoms with Gasteiger partial charge in [0.2, 0.25) is 0 Å². The first-order chi connectivity index (χ1) is 15.5. The van der Waals surface area contributed by atoms with Crippen molar-refractivity contribution in [3.63, 3.8) is 0 Å². The van der Waals surface area contributed by atoms with Gasteiger partial charge in [0, 0.05) is 18.4 Å². The topological polar surface area (TPSA) is 30.0 Å². The van der Waals surface area contributed by atoms with Crippen LogP contribution in [0.5, 0.6) is 0 Å². The predicted octanol–water partition coefficient (Wildman–Crippen LogP) is 9.65. The minimum atomic E-state index is 0. The number of rotatable bonds is 20. The first-order valence-electron chi connectivity index (χ1n) is 14.4. The van der Waals surface area contributed by atoms with E-state index in [0.717, 1.165) is 10.9 Å². The van der Waals surface area contributed by atoms with E-state index < -0.39 is 0 Å². The molecule has 0 aliphatic carbocycles. The summed E-state index contributed by atoms with van der Waals surface area (Å²) in [5.41, 5.74) is 3.38. The van der Waals surface area contributed by atoms with Gasteiger partial charge in [-0.15, -0.1) is 0 Å². The Morgan fingerprint density at radius 3 is 1.45 bits per heavy atom. The highest BCUT2D eigenvalue weighted by Crippen LogP contribution is 2.41. The van der Waals surface area contributed by atoms with Gasteiger partial charge in [0.15, 0.2) is 0 Å². The quantitative estimate of drug-likeness (QED) is 0.140. The summed E-state index contributed by atoms with van der Waals surface area (Å²) in [6.07, 6.45) is 23.7. The monoisotopic (exact) mass is 461 g/mol. The van der Waals surface area contributed by atoms with Crippen molar-refractivity contribution in [3.8, 4) is 0 Å². The second kappa shape index (κ2) is 18.5. The molecular formula is C31H59NO. The van der Waals surface area contributed by atoms with E-state index >= 15 is 0 Å². The van der Waals surface area contributed by atoms with Crippen molar-refractivity contribution < 1.29 is 9.96 Å². The van der Waals surface area contributed by atoms with Gasteiger partial charge >= 0.3 is 0 Å². The van der Waals surface area contributed by atoms with Gasteiger partial charge in [0.1, 0.15) is 5.54 Å². The Hall–Kier alpha value is -0.860. The molecule has 0 amide bonds. The fourth-order valence-electron chi connectivity index (χ4n) is 6.01.